The number of nitrogens with zero attached hydrogens (tertiary/aromatic N) is 1. The first kappa shape index (κ1) is 27.3. The van der Waals surface area contributed by atoms with Crippen molar-refractivity contribution in [1.82, 2.24) is 0 Å². The molecule has 4 rings (SSSR count). The molecule has 38 heavy (non-hydrogen) atoms. The lowest BCUT2D eigenvalue weighted by Crippen LogP contribution is -2.39. The predicted octanol–water partition coefficient (Wildman–Crippen LogP) is 7.62. The van der Waals surface area contributed by atoms with Gasteiger partial charge in [-0.25, -0.2) is 18.0 Å². The van der Waals surface area contributed by atoms with Crippen molar-refractivity contribution >= 4 is 62.8 Å². The zero-order chi connectivity index (χ0) is 27.3. The molecule has 0 fully saturated rings. The molecule has 0 atom stereocenters. The molecule has 0 bridgehead atoms. The van der Waals surface area contributed by atoms with Gasteiger partial charge in [-0.05, 0) is 60.7 Å². The van der Waals surface area contributed by atoms with Gasteiger partial charge in [-0.2, -0.15) is 4.31 Å². The van der Waals surface area contributed by atoms with Gasteiger partial charge in [0.15, 0.2) is 0 Å². The van der Waals surface area contributed by atoms with Crippen LogP contribution in [-0.4, -0.2) is 20.7 Å². The van der Waals surface area contributed by atoms with E-state index < -0.39 is 27.2 Å². The van der Waals surface area contributed by atoms with Gasteiger partial charge in [0.1, 0.15) is 22.1 Å². The molecule has 0 aromatic heterocycles. The molecule has 0 aliphatic rings. The fourth-order valence-electron chi connectivity index (χ4n) is 3.12. The molecule has 0 heterocycles. The average molecular weight is 593 g/mol. The SMILES string of the molecule is O=C(Oc1ccccc1)Oc1ccc(N(C(=O)Oc2ccccc2)S(=O)(=O)c2cc(Cl)c(Cl)cc2Cl)cc1. The van der Waals surface area contributed by atoms with Crippen LogP contribution in [0.5, 0.6) is 17.2 Å². The highest BCUT2D eigenvalue weighted by molar-refractivity contribution is 7.93. The molecular weight excluding hydrogens is 577 g/mol. The molecular formula is C26H16Cl3NO7S. The van der Waals surface area contributed by atoms with Crippen LogP contribution in [0.4, 0.5) is 15.3 Å². The molecule has 194 valence electrons. The molecule has 0 unspecified atom stereocenters. The predicted molar refractivity (Wildman–Crippen MR) is 143 cm³/mol. The quantitative estimate of drug-likeness (QED) is 0.129. The van der Waals surface area contributed by atoms with Crippen LogP contribution in [0.15, 0.2) is 102 Å². The van der Waals surface area contributed by atoms with Crippen LogP contribution in [0.1, 0.15) is 0 Å². The Balaban J connectivity index is 1.66. The van der Waals surface area contributed by atoms with Gasteiger partial charge in [0.25, 0.3) is 10.0 Å². The number of halogens is 3. The summed E-state index contributed by atoms with van der Waals surface area (Å²) in [5, 5.41) is -0.329. The van der Waals surface area contributed by atoms with E-state index in [1.54, 1.807) is 48.5 Å². The van der Waals surface area contributed by atoms with Crippen LogP contribution in [0, 0.1) is 0 Å². The number of amides is 1. The lowest BCUT2D eigenvalue weighted by Gasteiger charge is -2.23. The van der Waals surface area contributed by atoms with E-state index in [2.05, 4.69) is 0 Å². The van der Waals surface area contributed by atoms with Crippen molar-refractivity contribution < 1.29 is 32.2 Å². The number of rotatable bonds is 6. The van der Waals surface area contributed by atoms with E-state index in [-0.39, 0.29) is 38.0 Å². The first-order valence-electron chi connectivity index (χ1n) is 10.7. The summed E-state index contributed by atoms with van der Waals surface area (Å²) in [5.74, 6) is 0.395. The maximum Gasteiger partial charge on any atom is 0.519 e. The van der Waals surface area contributed by atoms with E-state index in [0.29, 0.717) is 4.31 Å². The molecule has 1 amide bonds. The van der Waals surface area contributed by atoms with Gasteiger partial charge in [0, 0.05) is 0 Å². The number of hydrogen-bond acceptors (Lipinski definition) is 7. The zero-order valence-corrected chi connectivity index (χ0v) is 22.2. The van der Waals surface area contributed by atoms with Crippen molar-refractivity contribution in [2.75, 3.05) is 4.31 Å². The molecule has 0 saturated heterocycles. The van der Waals surface area contributed by atoms with Crippen molar-refractivity contribution in [3.63, 3.8) is 0 Å². The largest absolute Gasteiger partial charge is 0.519 e. The minimum atomic E-state index is -4.67. The van der Waals surface area contributed by atoms with E-state index in [4.69, 9.17) is 49.0 Å². The summed E-state index contributed by atoms with van der Waals surface area (Å²) in [6.45, 7) is 0. The number of benzene rings is 4. The van der Waals surface area contributed by atoms with Crippen molar-refractivity contribution in [2.24, 2.45) is 0 Å². The van der Waals surface area contributed by atoms with Crippen LogP contribution < -0.4 is 18.5 Å². The van der Waals surface area contributed by atoms with Crippen LogP contribution >= 0.6 is 34.8 Å². The summed E-state index contributed by atoms with van der Waals surface area (Å²) in [6.07, 6.45) is -2.27. The average Bonchev–Trinajstić information content (AvgIpc) is 2.88. The molecule has 0 saturated carbocycles. The number of carbonyl (C=O) groups excluding carboxylic acids is 2. The normalized spacial score (nSPS) is 10.9. The Labute approximate surface area is 232 Å². The van der Waals surface area contributed by atoms with Crippen LogP contribution in [-0.2, 0) is 10.0 Å². The maximum atomic E-state index is 13.6. The minimum absolute atomic E-state index is 0.0241. The second kappa shape index (κ2) is 11.7. The van der Waals surface area contributed by atoms with Gasteiger partial charge in [-0.15, -0.1) is 0 Å². The first-order valence-corrected chi connectivity index (χ1v) is 13.2. The number of para-hydroxylation sites is 2. The van der Waals surface area contributed by atoms with Crippen LogP contribution in [0.25, 0.3) is 0 Å². The van der Waals surface area contributed by atoms with E-state index >= 15 is 0 Å². The topological polar surface area (TPSA) is 99.2 Å². The summed E-state index contributed by atoms with van der Waals surface area (Å²) >= 11 is 18.1. The summed E-state index contributed by atoms with van der Waals surface area (Å²) in [5.41, 5.74) is -0.142. The standard InChI is InChI=1S/C26H16Cl3NO7S/c27-21-15-23(29)24(16-22(21)28)38(33,34)30(25(31)35-18-7-3-1-4-8-18)17-11-13-20(14-12-17)37-26(32)36-19-9-5-2-6-10-19/h1-16H. The van der Waals surface area contributed by atoms with Crippen LogP contribution in [0.3, 0.4) is 0 Å². The number of carbonyl (C=O) groups is 2. The Morgan fingerprint density at radius 2 is 1.08 bits per heavy atom. The Morgan fingerprint density at radius 3 is 1.63 bits per heavy atom. The van der Waals surface area contributed by atoms with E-state index in [1.165, 1.54) is 36.4 Å². The van der Waals surface area contributed by atoms with Gasteiger partial charge >= 0.3 is 12.2 Å². The summed E-state index contributed by atoms with van der Waals surface area (Å²) in [4.78, 5) is 24.8. The highest BCUT2D eigenvalue weighted by Crippen LogP contribution is 2.35. The molecule has 0 spiro atoms. The first-order chi connectivity index (χ1) is 18.1. The lowest BCUT2D eigenvalue weighted by molar-refractivity contribution is 0.152. The fraction of sp³-hybridized carbons (Fsp3) is 0. The Hall–Kier alpha value is -3.76. The van der Waals surface area contributed by atoms with Gasteiger partial charge in [-0.3, -0.25) is 0 Å². The summed E-state index contributed by atoms with van der Waals surface area (Å²) < 4.78 is 43.2. The third kappa shape index (κ3) is 6.38. The Morgan fingerprint density at radius 1 is 0.605 bits per heavy atom. The molecule has 4 aromatic carbocycles. The number of anilines is 1. The summed E-state index contributed by atoms with van der Waals surface area (Å²) in [6, 6.07) is 23.3. The van der Waals surface area contributed by atoms with Crippen molar-refractivity contribution in [1.29, 1.82) is 0 Å². The molecule has 0 aliphatic heterocycles. The van der Waals surface area contributed by atoms with E-state index in [9.17, 15) is 18.0 Å². The van der Waals surface area contributed by atoms with Gasteiger partial charge in [-0.1, -0.05) is 71.2 Å². The minimum Gasteiger partial charge on any atom is -0.409 e. The third-order valence-electron chi connectivity index (χ3n) is 4.82. The lowest BCUT2D eigenvalue weighted by atomic mass is 10.3. The second-order valence-corrected chi connectivity index (χ2v) is 10.4. The molecule has 8 nitrogen and oxygen atoms in total. The highest BCUT2D eigenvalue weighted by atomic mass is 35.5. The number of ether oxygens (including phenoxy) is 3. The van der Waals surface area contributed by atoms with Crippen molar-refractivity contribution in [3.05, 3.63) is 112 Å². The van der Waals surface area contributed by atoms with Gasteiger partial charge in [0.05, 0.1) is 20.8 Å². The monoisotopic (exact) mass is 591 g/mol. The fourth-order valence-corrected chi connectivity index (χ4v) is 5.43. The van der Waals surface area contributed by atoms with E-state index in [0.717, 1.165) is 12.1 Å². The highest BCUT2D eigenvalue weighted by Gasteiger charge is 2.35. The Bertz CT molecular complexity index is 1570. The van der Waals surface area contributed by atoms with Crippen molar-refractivity contribution in [2.45, 2.75) is 4.90 Å². The maximum absolute atomic E-state index is 13.6. The van der Waals surface area contributed by atoms with Crippen molar-refractivity contribution in [3.8, 4) is 17.2 Å². The Kier molecular flexibility index (Phi) is 8.43. The number of hydrogen-bond donors (Lipinski definition) is 0. The summed E-state index contributed by atoms with van der Waals surface area (Å²) in [7, 11) is -4.67. The smallest absolute Gasteiger partial charge is 0.409 e. The molecule has 12 heteroatoms. The van der Waals surface area contributed by atoms with E-state index in [1.807, 2.05) is 0 Å². The molecule has 0 radical (unpaired) electrons. The van der Waals surface area contributed by atoms with Gasteiger partial charge < -0.3 is 14.2 Å². The number of sulfonamides is 1. The zero-order valence-electron chi connectivity index (χ0n) is 19.1. The second-order valence-electron chi connectivity index (χ2n) is 7.41. The van der Waals surface area contributed by atoms with Crippen LogP contribution in [0.2, 0.25) is 15.1 Å². The third-order valence-corrected chi connectivity index (χ3v) is 7.71. The molecule has 0 aliphatic carbocycles. The molecule has 0 N–H and O–H groups in total. The molecule has 4 aromatic rings. The van der Waals surface area contributed by atoms with Gasteiger partial charge in [0.2, 0.25) is 0 Å².